The molecule has 166 valence electrons. The number of carbonyl (C=O) groups excluding carboxylic acids is 2. The van der Waals surface area contributed by atoms with E-state index in [-0.39, 0.29) is 24.0 Å². The maximum absolute atomic E-state index is 12.7. The van der Waals surface area contributed by atoms with Crippen LogP contribution in [-0.2, 0) is 22.6 Å². The summed E-state index contributed by atoms with van der Waals surface area (Å²) in [6, 6.07) is 23.5. The molecule has 0 aliphatic rings. The van der Waals surface area contributed by atoms with Crippen molar-refractivity contribution in [2.45, 2.75) is 39.7 Å². The van der Waals surface area contributed by atoms with Crippen molar-refractivity contribution in [1.82, 2.24) is 4.57 Å². The van der Waals surface area contributed by atoms with Crippen LogP contribution in [0.4, 0.5) is 5.69 Å². The molecule has 1 atom stereocenters. The molecular formula is C28H27N3O2. The van der Waals surface area contributed by atoms with Gasteiger partial charge in [-0.3, -0.25) is 9.59 Å². The second-order valence-corrected chi connectivity index (χ2v) is 8.58. The lowest BCUT2D eigenvalue weighted by Gasteiger charge is -2.11. The van der Waals surface area contributed by atoms with Gasteiger partial charge >= 0.3 is 0 Å². The normalized spacial score (nSPS) is 11.9. The van der Waals surface area contributed by atoms with Gasteiger partial charge in [0.1, 0.15) is 5.78 Å². The third-order valence-electron chi connectivity index (χ3n) is 5.94. The minimum atomic E-state index is -0.154. The van der Waals surface area contributed by atoms with Crippen molar-refractivity contribution in [3.05, 3.63) is 77.9 Å². The number of ketones is 1. The first kappa shape index (κ1) is 22.3. The number of hydrogen-bond acceptors (Lipinski definition) is 3. The molecule has 33 heavy (non-hydrogen) atoms. The standard InChI is InChI=1S/C28H27N3O2/c1-3-31-26-10-5-4-9-24(26)25-17-20(11-12-27(25)31)16-23(32)13-19(2)14-28(33)30-22-8-6-7-21(15-22)18-29/h4-12,15,17,19H,3,13-14,16H2,1-2H3,(H,30,33). The average molecular weight is 438 g/mol. The first-order valence-electron chi connectivity index (χ1n) is 11.3. The summed E-state index contributed by atoms with van der Waals surface area (Å²) < 4.78 is 2.29. The van der Waals surface area contributed by atoms with E-state index in [1.165, 1.54) is 21.8 Å². The number of anilines is 1. The molecule has 1 unspecified atom stereocenters. The molecular weight excluding hydrogens is 410 g/mol. The molecule has 5 nitrogen and oxygen atoms in total. The van der Waals surface area contributed by atoms with Gasteiger partial charge in [-0.1, -0.05) is 37.3 Å². The maximum atomic E-state index is 12.7. The second kappa shape index (κ2) is 9.70. The number of aryl methyl sites for hydroxylation is 1. The molecule has 3 aromatic carbocycles. The molecule has 1 heterocycles. The van der Waals surface area contributed by atoms with E-state index in [1.807, 2.05) is 19.1 Å². The number of aromatic nitrogens is 1. The molecule has 0 bridgehead atoms. The Bertz CT molecular complexity index is 1380. The van der Waals surface area contributed by atoms with E-state index >= 15 is 0 Å². The number of Topliss-reactive ketones (excluding diaryl/α,β-unsaturated/α-hetero) is 1. The zero-order valence-corrected chi connectivity index (χ0v) is 19.0. The lowest BCUT2D eigenvalue weighted by Crippen LogP contribution is -2.17. The van der Waals surface area contributed by atoms with Crippen LogP contribution in [0.1, 0.15) is 37.8 Å². The molecule has 1 amide bonds. The Hall–Kier alpha value is -3.91. The van der Waals surface area contributed by atoms with Crippen molar-refractivity contribution in [1.29, 1.82) is 5.26 Å². The summed E-state index contributed by atoms with van der Waals surface area (Å²) >= 11 is 0. The monoisotopic (exact) mass is 437 g/mol. The number of fused-ring (bicyclic) bond motifs is 3. The molecule has 0 saturated carbocycles. The first-order valence-corrected chi connectivity index (χ1v) is 11.3. The fraction of sp³-hybridized carbons (Fsp3) is 0.250. The van der Waals surface area contributed by atoms with E-state index < -0.39 is 0 Å². The third kappa shape index (κ3) is 4.96. The summed E-state index contributed by atoms with van der Waals surface area (Å²) in [4.78, 5) is 25.1. The number of para-hydroxylation sites is 1. The van der Waals surface area contributed by atoms with E-state index in [4.69, 9.17) is 5.26 Å². The molecule has 1 N–H and O–H groups in total. The van der Waals surface area contributed by atoms with Crippen molar-refractivity contribution in [3.63, 3.8) is 0 Å². The van der Waals surface area contributed by atoms with E-state index in [0.717, 1.165) is 12.1 Å². The SMILES string of the molecule is CCn1c2ccccc2c2cc(CC(=O)CC(C)CC(=O)Nc3cccc(C#N)c3)ccc21. The van der Waals surface area contributed by atoms with Gasteiger partial charge in [0.25, 0.3) is 0 Å². The molecule has 0 radical (unpaired) electrons. The predicted molar refractivity (Wildman–Crippen MR) is 132 cm³/mol. The molecule has 1 aromatic heterocycles. The topological polar surface area (TPSA) is 74.9 Å². The van der Waals surface area contributed by atoms with Gasteiger partial charge in [0.05, 0.1) is 11.6 Å². The predicted octanol–water partition coefficient (Wildman–Crippen LogP) is 5.85. The van der Waals surface area contributed by atoms with Crippen LogP contribution in [0.3, 0.4) is 0 Å². The van der Waals surface area contributed by atoms with Crippen LogP contribution in [0, 0.1) is 17.2 Å². The van der Waals surface area contributed by atoms with Crippen LogP contribution in [0.15, 0.2) is 66.7 Å². The third-order valence-corrected chi connectivity index (χ3v) is 5.94. The van der Waals surface area contributed by atoms with Gasteiger partial charge in [0, 0.05) is 53.3 Å². The zero-order chi connectivity index (χ0) is 23.4. The summed E-state index contributed by atoms with van der Waals surface area (Å²) in [5.74, 6) is -0.0954. The summed E-state index contributed by atoms with van der Waals surface area (Å²) in [5, 5.41) is 14.2. The average Bonchev–Trinajstić information content (AvgIpc) is 3.11. The number of benzene rings is 3. The van der Waals surface area contributed by atoms with Crippen molar-refractivity contribution in [2.24, 2.45) is 5.92 Å². The van der Waals surface area contributed by atoms with Crippen molar-refractivity contribution in [2.75, 3.05) is 5.32 Å². The number of amides is 1. The molecule has 0 fully saturated rings. The zero-order valence-electron chi connectivity index (χ0n) is 19.0. The molecule has 0 aliphatic carbocycles. The minimum absolute atomic E-state index is 0.0672. The minimum Gasteiger partial charge on any atom is -0.341 e. The Morgan fingerprint density at radius 1 is 0.970 bits per heavy atom. The fourth-order valence-corrected chi connectivity index (χ4v) is 4.51. The molecule has 0 saturated heterocycles. The molecule has 4 rings (SSSR count). The number of nitrogens with one attached hydrogen (secondary N) is 1. The highest BCUT2D eigenvalue weighted by Gasteiger charge is 2.16. The van der Waals surface area contributed by atoms with E-state index in [2.05, 4.69) is 53.2 Å². The van der Waals surface area contributed by atoms with Gasteiger partial charge in [0.2, 0.25) is 5.91 Å². The van der Waals surface area contributed by atoms with Crippen LogP contribution in [-0.4, -0.2) is 16.3 Å². The van der Waals surface area contributed by atoms with Gasteiger partial charge in [-0.15, -0.1) is 0 Å². The summed E-state index contributed by atoms with van der Waals surface area (Å²) in [5.41, 5.74) is 4.47. The largest absolute Gasteiger partial charge is 0.341 e. The van der Waals surface area contributed by atoms with Gasteiger partial charge < -0.3 is 9.88 Å². The number of nitriles is 1. The van der Waals surface area contributed by atoms with Crippen molar-refractivity contribution >= 4 is 39.2 Å². The van der Waals surface area contributed by atoms with Crippen LogP contribution in [0.2, 0.25) is 0 Å². The van der Waals surface area contributed by atoms with Gasteiger partial charge in [-0.2, -0.15) is 5.26 Å². The number of rotatable bonds is 8. The summed E-state index contributed by atoms with van der Waals surface area (Å²) in [7, 11) is 0. The van der Waals surface area contributed by atoms with Gasteiger partial charge in [0.15, 0.2) is 0 Å². The van der Waals surface area contributed by atoms with Crippen LogP contribution in [0.5, 0.6) is 0 Å². The Morgan fingerprint density at radius 2 is 1.76 bits per heavy atom. The van der Waals surface area contributed by atoms with Crippen LogP contribution in [0.25, 0.3) is 21.8 Å². The Morgan fingerprint density at radius 3 is 2.55 bits per heavy atom. The lowest BCUT2D eigenvalue weighted by atomic mass is 9.96. The number of nitrogens with zero attached hydrogens (tertiary/aromatic N) is 2. The second-order valence-electron chi connectivity index (χ2n) is 8.58. The fourth-order valence-electron chi connectivity index (χ4n) is 4.51. The van der Waals surface area contributed by atoms with Crippen molar-refractivity contribution < 1.29 is 9.59 Å². The summed E-state index contributed by atoms with van der Waals surface area (Å²) in [6.45, 7) is 4.95. The first-order chi connectivity index (χ1) is 16.0. The maximum Gasteiger partial charge on any atom is 0.224 e. The molecule has 0 spiro atoms. The number of carbonyl (C=O) groups is 2. The Kier molecular flexibility index (Phi) is 6.55. The summed E-state index contributed by atoms with van der Waals surface area (Å²) in [6.07, 6.45) is 0.962. The number of hydrogen-bond donors (Lipinski definition) is 1. The highest BCUT2D eigenvalue weighted by Crippen LogP contribution is 2.30. The van der Waals surface area contributed by atoms with Crippen molar-refractivity contribution in [3.8, 4) is 6.07 Å². The molecule has 5 heteroatoms. The molecule has 0 aliphatic heterocycles. The Balaban J connectivity index is 1.39. The van der Waals surface area contributed by atoms with Gasteiger partial charge in [-0.25, -0.2) is 0 Å². The van der Waals surface area contributed by atoms with Crippen LogP contribution < -0.4 is 5.32 Å². The Labute approximate surface area is 193 Å². The smallest absolute Gasteiger partial charge is 0.224 e. The highest BCUT2D eigenvalue weighted by molar-refractivity contribution is 6.08. The quantitative estimate of drug-likeness (QED) is 0.375. The van der Waals surface area contributed by atoms with E-state index in [0.29, 0.717) is 24.1 Å². The van der Waals surface area contributed by atoms with E-state index in [9.17, 15) is 9.59 Å². The van der Waals surface area contributed by atoms with Crippen LogP contribution >= 0.6 is 0 Å². The lowest BCUT2D eigenvalue weighted by molar-refractivity contribution is -0.120. The highest BCUT2D eigenvalue weighted by atomic mass is 16.1. The van der Waals surface area contributed by atoms with E-state index in [1.54, 1.807) is 24.3 Å². The molecule has 4 aromatic rings. The van der Waals surface area contributed by atoms with Gasteiger partial charge in [-0.05, 0) is 54.8 Å².